The summed E-state index contributed by atoms with van der Waals surface area (Å²) in [5, 5.41) is 0. The molecule has 1 heterocycles. The molecule has 0 N–H and O–H groups in total. The Kier molecular flexibility index (Phi) is 6.50. The normalized spacial score (nSPS) is 17.1. The summed E-state index contributed by atoms with van der Waals surface area (Å²) < 4.78 is 5.61. The summed E-state index contributed by atoms with van der Waals surface area (Å²) in [5.41, 5.74) is 2.03. The highest BCUT2D eigenvalue weighted by molar-refractivity contribution is 5.85. The van der Waals surface area contributed by atoms with Gasteiger partial charge in [-0.3, -0.25) is 4.90 Å². The maximum Gasteiger partial charge on any atom is 0.328 e. The molecule has 1 fully saturated rings. The lowest BCUT2D eigenvalue weighted by molar-refractivity contribution is -0.140. The van der Waals surface area contributed by atoms with Crippen LogP contribution in [0.5, 0.6) is 5.75 Å². The lowest BCUT2D eigenvalue weighted by atomic mass is 10.1. The Morgan fingerprint density at radius 2 is 1.70 bits per heavy atom. The average Bonchev–Trinajstić information content (AvgIpc) is 2.43. The molecule has 0 amide bonds. The second-order valence-corrected chi connectivity index (χ2v) is 5.41. The number of esters is 1. The van der Waals surface area contributed by atoms with Gasteiger partial charge in [-0.15, -0.1) is 12.4 Å². The standard InChI is InChI=1S/C16H23NO2.ClH/c1-12-8-7-9-13(2)15(12)19-16(18)14(3)17-10-5-4-6-11-17;/h7-9,14H,4-6,10-11H2,1-3H3;1H. The fourth-order valence-electron chi connectivity index (χ4n) is 2.60. The maximum atomic E-state index is 12.3. The molecule has 1 saturated heterocycles. The highest BCUT2D eigenvalue weighted by Crippen LogP contribution is 2.23. The first-order chi connectivity index (χ1) is 9.09. The highest BCUT2D eigenvalue weighted by atomic mass is 35.5. The first kappa shape index (κ1) is 17.0. The number of halogens is 1. The third-order valence-corrected chi connectivity index (χ3v) is 3.89. The van der Waals surface area contributed by atoms with Gasteiger partial charge in [-0.05, 0) is 57.8 Å². The van der Waals surface area contributed by atoms with Gasteiger partial charge in [0.25, 0.3) is 0 Å². The average molecular weight is 298 g/mol. The van der Waals surface area contributed by atoms with E-state index in [0.29, 0.717) is 0 Å². The van der Waals surface area contributed by atoms with Crippen molar-refractivity contribution in [2.24, 2.45) is 0 Å². The molecule has 20 heavy (non-hydrogen) atoms. The zero-order valence-electron chi connectivity index (χ0n) is 12.5. The monoisotopic (exact) mass is 297 g/mol. The van der Waals surface area contributed by atoms with E-state index in [0.717, 1.165) is 30.0 Å². The van der Waals surface area contributed by atoms with Crippen molar-refractivity contribution in [1.82, 2.24) is 4.90 Å². The van der Waals surface area contributed by atoms with Crippen molar-refractivity contribution in [1.29, 1.82) is 0 Å². The van der Waals surface area contributed by atoms with E-state index >= 15 is 0 Å². The van der Waals surface area contributed by atoms with Crippen molar-refractivity contribution in [3.63, 3.8) is 0 Å². The summed E-state index contributed by atoms with van der Waals surface area (Å²) in [4.78, 5) is 14.5. The molecule has 1 aliphatic rings. The predicted octanol–water partition coefficient (Wildman–Crippen LogP) is 3.51. The Balaban J connectivity index is 0.00000200. The largest absolute Gasteiger partial charge is 0.425 e. The van der Waals surface area contributed by atoms with Crippen LogP contribution >= 0.6 is 12.4 Å². The van der Waals surface area contributed by atoms with Crippen LogP contribution in [0.15, 0.2) is 18.2 Å². The van der Waals surface area contributed by atoms with Crippen LogP contribution < -0.4 is 4.74 Å². The van der Waals surface area contributed by atoms with Crippen molar-refractivity contribution in [2.75, 3.05) is 13.1 Å². The van der Waals surface area contributed by atoms with Crippen LogP contribution in [0, 0.1) is 13.8 Å². The fourth-order valence-corrected chi connectivity index (χ4v) is 2.60. The van der Waals surface area contributed by atoms with Gasteiger partial charge >= 0.3 is 5.97 Å². The van der Waals surface area contributed by atoms with Gasteiger partial charge in [0.2, 0.25) is 0 Å². The Morgan fingerprint density at radius 3 is 2.25 bits per heavy atom. The summed E-state index contributed by atoms with van der Waals surface area (Å²) in [7, 11) is 0. The number of aryl methyl sites for hydroxylation is 2. The number of ether oxygens (including phenoxy) is 1. The summed E-state index contributed by atoms with van der Waals surface area (Å²) >= 11 is 0. The lowest BCUT2D eigenvalue weighted by Crippen LogP contribution is -2.44. The Morgan fingerprint density at radius 1 is 1.15 bits per heavy atom. The van der Waals surface area contributed by atoms with E-state index < -0.39 is 0 Å². The van der Waals surface area contributed by atoms with Crippen LogP contribution in [0.2, 0.25) is 0 Å². The molecule has 1 atom stereocenters. The van der Waals surface area contributed by atoms with E-state index in [-0.39, 0.29) is 24.4 Å². The molecule has 0 saturated carbocycles. The number of carbonyl (C=O) groups excluding carboxylic acids is 1. The van der Waals surface area contributed by atoms with Crippen molar-refractivity contribution in [2.45, 2.75) is 46.1 Å². The van der Waals surface area contributed by atoms with Crippen LogP contribution in [0.25, 0.3) is 0 Å². The molecule has 0 aliphatic carbocycles. The lowest BCUT2D eigenvalue weighted by Gasteiger charge is -2.30. The van der Waals surface area contributed by atoms with Crippen LogP contribution in [0.1, 0.15) is 37.3 Å². The number of piperidine rings is 1. The van der Waals surface area contributed by atoms with Gasteiger partial charge in [0.05, 0.1) is 0 Å². The van der Waals surface area contributed by atoms with Crippen molar-refractivity contribution < 1.29 is 9.53 Å². The summed E-state index contributed by atoms with van der Waals surface area (Å²) in [6.07, 6.45) is 3.64. The zero-order valence-corrected chi connectivity index (χ0v) is 13.3. The van der Waals surface area contributed by atoms with Gasteiger partial charge < -0.3 is 4.74 Å². The topological polar surface area (TPSA) is 29.5 Å². The van der Waals surface area contributed by atoms with Crippen LogP contribution in [-0.4, -0.2) is 30.0 Å². The molecule has 112 valence electrons. The van der Waals surface area contributed by atoms with Gasteiger partial charge in [0.1, 0.15) is 11.8 Å². The third kappa shape index (κ3) is 3.97. The fraction of sp³-hybridized carbons (Fsp3) is 0.562. The molecule has 4 heteroatoms. The Bertz CT molecular complexity index is 436. The van der Waals surface area contributed by atoms with E-state index in [1.807, 2.05) is 39.0 Å². The highest BCUT2D eigenvalue weighted by Gasteiger charge is 2.25. The molecule has 1 aromatic rings. The van der Waals surface area contributed by atoms with Crippen molar-refractivity contribution >= 4 is 18.4 Å². The summed E-state index contributed by atoms with van der Waals surface area (Å²) in [6, 6.07) is 5.78. The minimum atomic E-state index is -0.153. The molecule has 0 radical (unpaired) electrons. The number of benzene rings is 1. The van der Waals surface area contributed by atoms with Crippen molar-refractivity contribution in [3.8, 4) is 5.75 Å². The quantitative estimate of drug-likeness (QED) is 0.632. The number of carbonyl (C=O) groups is 1. The summed E-state index contributed by atoms with van der Waals surface area (Å²) in [5.74, 6) is 0.579. The molecule has 3 nitrogen and oxygen atoms in total. The van der Waals surface area contributed by atoms with Crippen LogP contribution in [0.4, 0.5) is 0 Å². The first-order valence-corrected chi connectivity index (χ1v) is 7.11. The minimum absolute atomic E-state index is 0. The number of rotatable bonds is 3. The van der Waals surface area contributed by atoms with Crippen molar-refractivity contribution in [3.05, 3.63) is 29.3 Å². The second kappa shape index (κ2) is 7.65. The predicted molar refractivity (Wildman–Crippen MR) is 83.7 cm³/mol. The summed E-state index contributed by atoms with van der Waals surface area (Å²) in [6.45, 7) is 7.90. The van der Waals surface area contributed by atoms with Gasteiger partial charge in [-0.25, -0.2) is 4.79 Å². The van der Waals surface area contributed by atoms with E-state index in [4.69, 9.17) is 4.74 Å². The SMILES string of the molecule is Cc1cccc(C)c1OC(=O)C(C)N1CCCCC1.Cl. The molecule has 0 aromatic heterocycles. The zero-order chi connectivity index (χ0) is 13.8. The molecule has 0 spiro atoms. The first-order valence-electron chi connectivity index (χ1n) is 7.11. The van der Waals surface area contributed by atoms with Gasteiger partial charge in [-0.1, -0.05) is 24.6 Å². The van der Waals surface area contributed by atoms with Gasteiger partial charge in [0, 0.05) is 0 Å². The smallest absolute Gasteiger partial charge is 0.328 e. The number of hydrogen-bond acceptors (Lipinski definition) is 3. The number of likely N-dealkylation sites (tertiary alicyclic amines) is 1. The minimum Gasteiger partial charge on any atom is -0.425 e. The van der Waals surface area contributed by atoms with E-state index in [1.165, 1.54) is 19.3 Å². The molecular weight excluding hydrogens is 274 g/mol. The number of hydrogen-bond donors (Lipinski definition) is 0. The maximum absolute atomic E-state index is 12.3. The number of para-hydroxylation sites is 1. The second-order valence-electron chi connectivity index (χ2n) is 5.41. The molecule has 0 bridgehead atoms. The van der Waals surface area contributed by atoms with E-state index in [2.05, 4.69) is 4.90 Å². The van der Waals surface area contributed by atoms with E-state index in [9.17, 15) is 4.79 Å². The van der Waals surface area contributed by atoms with Crippen LogP contribution in [-0.2, 0) is 4.79 Å². The molecular formula is C16H24ClNO2. The number of nitrogens with zero attached hydrogens (tertiary/aromatic N) is 1. The molecule has 1 unspecified atom stereocenters. The van der Waals surface area contributed by atoms with E-state index in [1.54, 1.807) is 0 Å². The van der Waals surface area contributed by atoms with Gasteiger partial charge in [0.15, 0.2) is 0 Å². The molecule has 2 rings (SSSR count). The Labute approximate surface area is 127 Å². The molecule has 1 aromatic carbocycles. The molecule has 1 aliphatic heterocycles. The third-order valence-electron chi connectivity index (χ3n) is 3.89. The van der Waals surface area contributed by atoms with Crippen LogP contribution in [0.3, 0.4) is 0 Å². The van der Waals surface area contributed by atoms with Gasteiger partial charge in [-0.2, -0.15) is 0 Å². The Hall–Kier alpha value is -1.06.